The van der Waals surface area contributed by atoms with E-state index in [-0.39, 0.29) is 25.2 Å². The molecule has 2 aromatic carbocycles. The van der Waals surface area contributed by atoms with Crippen LogP contribution in [0, 0.1) is 0 Å². The molecule has 0 unspecified atom stereocenters. The molecule has 2 aromatic rings. The zero-order valence-electron chi connectivity index (χ0n) is 13.2. The molecule has 8 heteroatoms. The van der Waals surface area contributed by atoms with Gasteiger partial charge < -0.3 is 23.7 Å². The fourth-order valence-electron chi connectivity index (χ4n) is 2.75. The molecule has 0 fully saturated rings. The molecule has 0 spiro atoms. The summed E-state index contributed by atoms with van der Waals surface area (Å²) >= 11 is 3.46. The maximum absolute atomic E-state index is 12.2. The van der Waals surface area contributed by atoms with Crippen molar-refractivity contribution in [2.45, 2.75) is 0 Å². The second-order valence-corrected chi connectivity index (χ2v) is 6.49. The van der Waals surface area contributed by atoms with E-state index in [1.54, 1.807) is 36.4 Å². The average Bonchev–Trinajstić information content (AvgIpc) is 3.34. The summed E-state index contributed by atoms with van der Waals surface area (Å²) in [7, 11) is 0. The lowest BCUT2D eigenvalue weighted by molar-refractivity contribution is -0.129. The van der Waals surface area contributed by atoms with Crippen LogP contribution in [0.25, 0.3) is 6.08 Å². The average molecular weight is 416 g/mol. The Hall–Kier alpha value is -3.00. The van der Waals surface area contributed by atoms with Crippen LogP contribution < -0.4 is 18.9 Å². The molecular formula is C18H10BrNO6. The van der Waals surface area contributed by atoms with E-state index in [0.717, 1.165) is 10.0 Å². The third-order valence-electron chi connectivity index (χ3n) is 4.02. The molecule has 0 amide bonds. The number of halogens is 1. The van der Waals surface area contributed by atoms with E-state index < -0.39 is 5.97 Å². The van der Waals surface area contributed by atoms with Gasteiger partial charge in [0.15, 0.2) is 28.7 Å². The number of hydrogen-bond donors (Lipinski definition) is 0. The van der Waals surface area contributed by atoms with Gasteiger partial charge >= 0.3 is 5.97 Å². The molecule has 3 heterocycles. The summed E-state index contributed by atoms with van der Waals surface area (Å²) in [6.45, 7) is 0.352. The molecular weight excluding hydrogens is 406 g/mol. The van der Waals surface area contributed by atoms with Crippen LogP contribution in [0.15, 0.2) is 45.5 Å². The van der Waals surface area contributed by atoms with Gasteiger partial charge in [-0.1, -0.05) is 15.9 Å². The third kappa shape index (κ3) is 2.50. The molecule has 26 heavy (non-hydrogen) atoms. The number of nitrogens with zero attached hydrogens (tertiary/aromatic N) is 1. The van der Waals surface area contributed by atoms with Gasteiger partial charge in [-0.3, -0.25) is 0 Å². The van der Waals surface area contributed by atoms with Crippen molar-refractivity contribution in [1.29, 1.82) is 0 Å². The molecule has 0 aliphatic carbocycles. The van der Waals surface area contributed by atoms with Crippen LogP contribution in [0.3, 0.4) is 0 Å². The monoisotopic (exact) mass is 415 g/mol. The molecule has 0 aromatic heterocycles. The number of ether oxygens (including phenoxy) is 5. The van der Waals surface area contributed by atoms with Crippen LogP contribution in [-0.4, -0.2) is 25.5 Å². The predicted octanol–water partition coefficient (Wildman–Crippen LogP) is 3.25. The van der Waals surface area contributed by atoms with Crippen LogP contribution in [0.5, 0.6) is 23.0 Å². The lowest BCUT2D eigenvalue weighted by Gasteiger charge is -2.02. The first-order chi connectivity index (χ1) is 12.7. The molecule has 0 bridgehead atoms. The lowest BCUT2D eigenvalue weighted by Crippen LogP contribution is -2.05. The fraction of sp³-hybridized carbons (Fsp3) is 0.111. The van der Waals surface area contributed by atoms with E-state index in [1.165, 1.54) is 0 Å². The summed E-state index contributed by atoms with van der Waals surface area (Å²) in [6, 6.07) is 8.81. The van der Waals surface area contributed by atoms with E-state index in [2.05, 4.69) is 20.9 Å². The molecule has 3 aliphatic rings. The Morgan fingerprint density at radius 3 is 2.42 bits per heavy atom. The van der Waals surface area contributed by atoms with Crippen LogP contribution in [0.4, 0.5) is 0 Å². The van der Waals surface area contributed by atoms with Crippen molar-refractivity contribution in [3.05, 3.63) is 51.6 Å². The van der Waals surface area contributed by atoms with Gasteiger partial charge in [0, 0.05) is 10.0 Å². The highest BCUT2D eigenvalue weighted by atomic mass is 79.9. The molecule has 130 valence electrons. The number of aliphatic imine (C=N–C) groups is 1. The maximum Gasteiger partial charge on any atom is 0.363 e. The summed E-state index contributed by atoms with van der Waals surface area (Å²) in [6.07, 6.45) is 1.63. The molecule has 0 atom stereocenters. The van der Waals surface area contributed by atoms with Gasteiger partial charge in [0.05, 0.1) is 0 Å². The standard InChI is InChI=1S/C18H10BrNO6/c19-11-6-16-15(24-8-25-16)5-10(11)3-12-18(21)26-17(20-12)9-1-2-13-14(4-9)23-7-22-13/h1-6H,7-8H2/b12-3-. The van der Waals surface area contributed by atoms with Crippen LogP contribution in [0.2, 0.25) is 0 Å². The second kappa shape index (κ2) is 5.77. The van der Waals surface area contributed by atoms with E-state index in [9.17, 15) is 4.79 Å². The Labute approximate surface area is 155 Å². The molecule has 7 nitrogen and oxygen atoms in total. The highest BCUT2D eigenvalue weighted by Crippen LogP contribution is 2.38. The molecule has 0 saturated heterocycles. The van der Waals surface area contributed by atoms with Gasteiger partial charge in [0.2, 0.25) is 19.5 Å². The smallest absolute Gasteiger partial charge is 0.363 e. The number of fused-ring (bicyclic) bond motifs is 2. The molecule has 3 aliphatic heterocycles. The van der Waals surface area contributed by atoms with Gasteiger partial charge in [0.25, 0.3) is 0 Å². The highest BCUT2D eigenvalue weighted by Gasteiger charge is 2.26. The Morgan fingerprint density at radius 2 is 1.62 bits per heavy atom. The van der Waals surface area contributed by atoms with Crippen molar-refractivity contribution in [3.63, 3.8) is 0 Å². The Kier molecular flexibility index (Phi) is 3.39. The number of benzene rings is 2. The first-order valence-corrected chi connectivity index (χ1v) is 8.48. The number of esters is 1. The van der Waals surface area contributed by atoms with Crippen molar-refractivity contribution in [3.8, 4) is 23.0 Å². The summed E-state index contributed by atoms with van der Waals surface area (Å²) in [5, 5.41) is 0. The van der Waals surface area contributed by atoms with Crippen LogP contribution >= 0.6 is 15.9 Å². The zero-order valence-corrected chi connectivity index (χ0v) is 14.7. The summed E-state index contributed by atoms with van der Waals surface area (Å²) in [5.74, 6) is 2.21. The highest BCUT2D eigenvalue weighted by molar-refractivity contribution is 9.10. The number of rotatable bonds is 2. The second-order valence-electron chi connectivity index (χ2n) is 5.63. The maximum atomic E-state index is 12.2. The van der Waals surface area contributed by atoms with Gasteiger partial charge in [-0.05, 0) is 42.0 Å². The van der Waals surface area contributed by atoms with Crippen LogP contribution in [-0.2, 0) is 9.53 Å². The summed E-state index contributed by atoms with van der Waals surface area (Å²) in [5.41, 5.74) is 1.56. The summed E-state index contributed by atoms with van der Waals surface area (Å²) < 4.78 is 27.4. The Bertz CT molecular complexity index is 1010. The fourth-order valence-corrected chi connectivity index (χ4v) is 3.19. The first kappa shape index (κ1) is 15.3. The van der Waals surface area contributed by atoms with Crippen molar-refractivity contribution < 1.29 is 28.5 Å². The van der Waals surface area contributed by atoms with Crippen molar-refractivity contribution in [1.82, 2.24) is 0 Å². The minimum atomic E-state index is -0.526. The molecule has 5 rings (SSSR count). The van der Waals surface area contributed by atoms with E-state index in [1.807, 2.05) is 0 Å². The first-order valence-electron chi connectivity index (χ1n) is 7.69. The van der Waals surface area contributed by atoms with Gasteiger partial charge in [-0.25, -0.2) is 9.79 Å². The summed E-state index contributed by atoms with van der Waals surface area (Å²) in [4.78, 5) is 16.5. The zero-order chi connectivity index (χ0) is 17.7. The Morgan fingerprint density at radius 1 is 0.923 bits per heavy atom. The third-order valence-corrected chi connectivity index (χ3v) is 4.71. The molecule has 0 radical (unpaired) electrons. The molecule has 0 saturated carbocycles. The molecule has 0 N–H and O–H groups in total. The Balaban J connectivity index is 1.50. The minimum Gasteiger partial charge on any atom is -0.454 e. The van der Waals surface area contributed by atoms with Crippen LogP contribution in [0.1, 0.15) is 11.1 Å². The van der Waals surface area contributed by atoms with Crippen molar-refractivity contribution in [2.24, 2.45) is 4.99 Å². The quantitative estimate of drug-likeness (QED) is 0.553. The number of carbonyl (C=O) groups is 1. The van der Waals surface area contributed by atoms with Crippen molar-refractivity contribution >= 4 is 33.9 Å². The largest absolute Gasteiger partial charge is 0.454 e. The predicted molar refractivity (Wildman–Crippen MR) is 93.4 cm³/mol. The number of cyclic esters (lactones) is 1. The van der Waals surface area contributed by atoms with E-state index in [4.69, 9.17) is 23.7 Å². The van der Waals surface area contributed by atoms with Gasteiger partial charge in [-0.15, -0.1) is 0 Å². The van der Waals surface area contributed by atoms with Crippen molar-refractivity contribution in [2.75, 3.05) is 13.6 Å². The van der Waals surface area contributed by atoms with Gasteiger partial charge in [-0.2, -0.15) is 0 Å². The number of hydrogen-bond acceptors (Lipinski definition) is 7. The SMILES string of the molecule is O=C1OC(c2ccc3c(c2)OCO3)=N/C1=C\c1cc2c(cc1Br)OCO2. The van der Waals surface area contributed by atoms with E-state index >= 15 is 0 Å². The normalized spacial score (nSPS) is 18.3. The van der Waals surface area contributed by atoms with Gasteiger partial charge in [0.1, 0.15) is 0 Å². The lowest BCUT2D eigenvalue weighted by atomic mass is 10.1. The topological polar surface area (TPSA) is 75.6 Å². The number of carbonyl (C=O) groups excluding carboxylic acids is 1. The minimum absolute atomic E-state index is 0.175. The van der Waals surface area contributed by atoms with E-state index in [0.29, 0.717) is 28.6 Å².